The number of aryl methyl sites for hydroxylation is 1. The Morgan fingerprint density at radius 3 is 2.82 bits per heavy atom. The molecule has 1 N–H and O–H groups in total. The minimum absolute atomic E-state index is 0.215. The van der Waals surface area contributed by atoms with E-state index >= 15 is 0 Å². The van der Waals surface area contributed by atoms with Gasteiger partial charge in [0.25, 0.3) is 0 Å². The number of fused-ring (bicyclic) bond motifs is 1. The summed E-state index contributed by atoms with van der Waals surface area (Å²) >= 11 is 0. The molecule has 0 saturated carbocycles. The molecule has 6 nitrogen and oxygen atoms in total. The van der Waals surface area contributed by atoms with Crippen molar-refractivity contribution < 1.29 is 27.1 Å². The van der Waals surface area contributed by atoms with Crippen LogP contribution >= 0.6 is 0 Å². The third-order valence-electron chi connectivity index (χ3n) is 2.82. The predicted molar refractivity (Wildman–Crippen MR) is 71.6 cm³/mol. The average Bonchev–Trinajstić information content (AvgIpc) is 2.69. The van der Waals surface area contributed by atoms with Crippen LogP contribution in [0.25, 0.3) is 11.1 Å². The van der Waals surface area contributed by atoms with Gasteiger partial charge in [0, 0.05) is 18.8 Å². The average molecular weight is 318 g/mol. The molecule has 0 atom stereocenters. The molecule has 0 aliphatic rings. The molecule has 0 fully saturated rings. The zero-order valence-corrected chi connectivity index (χ0v) is 11.6. The molecule has 1 amide bonds. The number of nitrogens with zero attached hydrogens (tertiary/aromatic N) is 1. The second-order valence-electron chi connectivity index (χ2n) is 4.58. The fourth-order valence-corrected chi connectivity index (χ4v) is 1.79. The molecule has 9 heteroatoms. The number of rotatable bonds is 5. The van der Waals surface area contributed by atoms with Gasteiger partial charge in [-0.1, -0.05) is 0 Å². The second kappa shape index (κ2) is 6.22. The molecular weight excluding hydrogens is 305 g/mol. The van der Waals surface area contributed by atoms with E-state index in [9.17, 15) is 22.8 Å². The number of carbonyl (C=O) groups is 1. The summed E-state index contributed by atoms with van der Waals surface area (Å²) in [5.41, 5.74) is 1.25. The molecule has 22 heavy (non-hydrogen) atoms. The van der Waals surface area contributed by atoms with Crippen LogP contribution in [0.2, 0.25) is 0 Å². The van der Waals surface area contributed by atoms with Crippen molar-refractivity contribution in [1.82, 2.24) is 4.57 Å². The lowest BCUT2D eigenvalue weighted by atomic mass is 10.2. The van der Waals surface area contributed by atoms with Crippen molar-refractivity contribution in [3.8, 4) is 0 Å². The van der Waals surface area contributed by atoms with Crippen molar-refractivity contribution in [2.45, 2.75) is 12.6 Å². The highest BCUT2D eigenvalue weighted by Gasteiger charge is 2.27. The van der Waals surface area contributed by atoms with Gasteiger partial charge in [0.05, 0.1) is 18.5 Å². The van der Waals surface area contributed by atoms with Gasteiger partial charge in [-0.25, -0.2) is 4.79 Å². The van der Waals surface area contributed by atoms with Gasteiger partial charge < -0.3 is 14.5 Å². The molecule has 0 spiro atoms. The lowest BCUT2D eigenvalue weighted by Crippen LogP contribution is -2.20. The van der Waals surface area contributed by atoms with E-state index in [4.69, 9.17) is 4.42 Å². The number of benzene rings is 1. The van der Waals surface area contributed by atoms with E-state index in [1.165, 1.54) is 10.6 Å². The Bertz CT molecular complexity index is 733. The van der Waals surface area contributed by atoms with E-state index in [0.717, 1.165) is 0 Å². The van der Waals surface area contributed by atoms with Gasteiger partial charge in [-0.15, -0.1) is 0 Å². The Labute approximate surface area is 122 Å². The van der Waals surface area contributed by atoms with Gasteiger partial charge >= 0.3 is 11.9 Å². The number of ether oxygens (including phenoxy) is 1. The first-order valence-electron chi connectivity index (χ1n) is 6.30. The minimum atomic E-state index is -4.41. The first kappa shape index (κ1) is 16.1. The van der Waals surface area contributed by atoms with Crippen molar-refractivity contribution in [3.63, 3.8) is 0 Å². The third kappa shape index (κ3) is 4.10. The van der Waals surface area contributed by atoms with E-state index in [0.29, 0.717) is 16.8 Å². The van der Waals surface area contributed by atoms with Crippen LogP contribution in [0.15, 0.2) is 27.4 Å². The molecule has 120 valence electrons. The predicted octanol–water partition coefficient (Wildman–Crippen LogP) is 2.04. The van der Waals surface area contributed by atoms with Gasteiger partial charge in [-0.2, -0.15) is 13.2 Å². The molecule has 0 saturated heterocycles. The molecular formula is C13H13F3N2O4. The molecule has 0 aliphatic heterocycles. The smallest absolute Gasteiger partial charge is 0.408 e. The van der Waals surface area contributed by atoms with E-state index in [1.807, 2.05) is 0 Å². The molecule has 0 radical (unpaired) electrons. The van der Waals surface area contributed by atoms with Crippen LogP contribution in [-0.2, 0) is 16.6 Å². The van der Waals surface area contributed by atoms with Gasteiger partial charge in [-0.3, -0.25) is 9.36 Å². The normalized spacial score (nSPS) is 11.8. The first-order chi connectivity index (χ1) is 10.3. The minimum Gasteiger partial charge on any atom is -0.408 e. The molecule has 0 bridgehead atoms. The molecule has 1 aromatic heterocycles. The number of carbonyl (C=O) groups excluding carboxylic acids is 1. The Hall–Kier alpha value is -2.29. The van der Waals surface area contributed by atoms with Crippen LogP contribution in [0.5, 0.6) is 0 Å². The molecule has 0 unspecified atom stereocenters. The van der Waals surface area contributed by atoms with Crippen molar-refractivity contribution in [2.75, 3.05) is 18.5 Å². The number of nitrogens with one attached hydrogen (secondary N) is 1. The van der Waals surface area contributed by atoms with Crippen molar-refractivity contribution >= 4 is 22.7 Å². The maximum atomic E-state index is 11.8. The Balaban J connectivity index is 1.90. The number of aromatic nitrogens is 1. The van der Waals surface area contributed by atoms with Crippen molar-refractivity contribution in [2.24, 2.45) is 7.05 Å². The summed E-state index contributed by atoms with van der Waals surface area (Å²) in [6.07, 6.45) is -4.63. The van der Waals surface area contributed by atoms with Gasteiger partial charge in [-0.05, 0) is 12.1 Å². The van der Waals surface area contributed by atoms with E-state index in [-0.39, 0.29) is 13.0 Å². The van der Waals surface area contributed by atoms with Crippen molar-refractivity contribution in [3.05, 3.63) is 28.7 Å². The topological polar surface area (TPSA) is 73.5 Å². The zero-order chi connectivity index (χ0) is 16.3. The first-order valence-corrected chi connectivity index (χ1v) is 6.30. The fraction of sp³-hybridized carbons (Fsp3) is 0.385. The summed E-state index contributed by atoms with van der Waals surface area (Å²) in [6, 6.07) is 4.62. The summed E-state index contributed by atoms with van der Waals surface area (Å²) < 4.78 is 46.2. The number of hydrogen-bond donors (Lipinski definition) is 1. The highest BCUT2D eigenvalue weighted by atomic mass is 19.4. The largest absolute Gasteiger partial charge is 0.419 e. The second-order valence-corrected chi connectivity index (χ2v) is 4.58. The van der Waals surface area contributed by atoms with Gasteiger partial charge in [0.1, 0.15) is 6.61 Å². The van der Waals surface area contributed by atoms with Crippen LogP contribution in [0.1, 0.15) is 6.42 Å². The third-order valence-corrected chi connectivity index (χ3v) is 2.82. The Morgan fingerprint density at radius 2 is 2.14 bits per heavy atom. The molecule has 1 aromatic carbocycles. The monoisotopic (exact) mass is 318 g/mol. The molecule has 2 rings (SSSR count). The highest BCUT2D eigenvalue weighted by molar-refractivity contribution is 5.92. The summed E-state index contributed by atoms with van der Waals surface area (Å²) in [5, 5.41) is 2.49. The number of alkyl halides is 3. The summed E-state index contributed by atoms with van der Waals surface area (Å²) in [5.74, 6) is -1.03. The van der Waals surface area contributed by atoms with Crippen LogP contribution in [0.3, 0.4) is 0 Å². The Morgan fingerprint density at radius 1 is 1.41 bits per heavy atom. The van der Waals surface area contributed by atoms with Crippen molar-refractivity contribution in [1.29, 1.82) is 0 Å². The summed E-state index contributed by atoms with van der Waals surface area (Å²) in [4.78, 5) is 22.9. The van der Waals surface area contributed by atoms with E-state index in [2.05, 4.69) is 10.1 Å². The molecule has 0 aliphatic carbocycles. The van der Waals surface area contributed by atoms with Gasteiger partial charge in [0.2, 0.25) is 5.91 Å². The Kier molecular flexibility index (Phi) is 4.55. The number of hydrogen-bond acceptors (Lipinski definition) is 4. The van der Waals surface area contributed by atoms with E-state index < -0.39 is 24.4 Å². The fourth-order valence-electron chi connectivity index (χ4n) is 1.79. The van der Waals surface area contributed by atoms with Crippen LogP contribution in [-0.4, -0.2) is 29.9 Å². The lowest BCUT2D eigenvalue weighted by Gasteiger charge is -2.08. The van der Waals surface area contributed by atoms with Crippen LogP contribution in [0, 0.1) is 0 Å². The number of halogens is 3. The molecule has 1 heterocycles. The zero-order valence-electron chi connectivity index (χ0n) is 11.6. The number of anilines is 1. The number of amides is 1. The number of oxazole rings is 1. The standard InChI is InChI=1S/C13H13F3N2O4/c1-18-9-3-2-8(6-10(9)22-12(18)20)17-11(19)4-5-21-7-13(14,15)16/h2-3,6H,4-5,7H2,1H3,(H,17,19). The SMILES string of the molecule is Cn1c(=O)oc2cc(NC(=O)CCOCC(F)(F)F)ccc21. The highest BCUT2D eigenvalue weighted by Crippen LogP contribution is 2.18. The summed E-state index contributed by atoms with van der Waals surface area (Å²) in [6.45, 7) is -1.73. The quantitative estimate of drug-likeness (QED) is 0.856. The van der Waals surface area contributed by atoms with Crippen LogP contribution in [0.4, 0.5) is 18.9 Å². The molecule has 2 aromatic rings. The van der Waals surface area contributed by atoms with E-state index in [1.54, 1.807) is 19.2 Å². The van der Waals surface area contributed by atoms with Crippen LogP contribution < -0.4 is 11.1 Å². The lowest BCUT2D eigenvalue weighted by molar-refractivity contribution is -0.174. The maximum Gasteiger partial charge on any atom is 0.419 e. The van der Waals surface area contributed by atoms with Gasteiger partial charge in [0.15, 0.2) is 5.58 Å². The summed E-state index contributed by atoms with van der Waals surface area (Å²) in [7, 11) is 1.55. The maximum absolute atomic E-state index is 11.8.